The maximum atomic E-state index is 6.10. The molecule has 0 aliphatic carbocycles. The maximum absolute atomic E-state index is 6.10. The third-order valence-electron chi connectivity index (χ3n) is 2.54. The number of nitrogens with zero attached hydrogens (tertiary/aromatic N) is 1. The molecular formula is C13H14ClN3. The SMILES string of the molecule is CC(Nc1c(N)cccc1Cl)c1ccccn1. The molecule has 1 aromatic heterocycles. The van der Waals surface area contributed by atoms with Crippen LogP contribution in [0, 0.1) is 0 Å². The van der Waals surface area contributed by atoms with Crippen LogP contribution in [-0.2, 0) is 0 Å². The summed E-state index contributed by atoms with van der Waals surface area (Å²) in [6, 6.07) is 11.3. The van der Waals surface area contributed by atoms with Gasteiger partial charge in [-0.3, -0.25) is 4.98 Å². The fraction of sp³-hybridized carbons (Fsp3) is 0.154. The van der Waals surface area contributed by atoms with Crippen molar-refractivity contribution in [2.45, 2.75) is 13.0 Å². The third kappa shape index (κ3) is 2.68. The Morgan fingerprint density at radius 1 is 1.24 bits per heavy atom. The van der Waals surface area contributed by atoms with Gasteiger partial charge in [-0.25, -0.2) is 0 Å². The van der Waals surface area contributed by atoms with Crippen molar-refractivity contribution in [2.75, 3.05) is 11.1 Å². The van der Waals surface area contributed by atoms with E-state index in [1.165, 1.54) is 0 Å². The monoisotopic (exact) mass is 247 g/mol. The van der Waals surface area contributed by atoms with E-state index in [0.29, 0.717) is 10.7 Å². The summed E-state index contributed by atoms with van der Waals surface area (Å²) in [6.07, 6.45) is 1.77. The summed E-state index contributed by atoms with van der Waals surface area (Å²) >= 11 is 6.10. The van der Waals surface area contributed by atoms with Crippen molar-refractivity contribution in [3.05, 3.63) is 53.3 Å². The van der Waals surface area contributed by atoms with Crippen molar-refractivity contribution in [1.29, 1.82) is 0 Å². The van der Waals surface area contributed by atoms with Crippen LogP contribution in [0.1, 0.15) is 18.7 Å². The van der Waals surface area contributed by atoms with E-state index in [-0.39, 0.29) is 6.04 Å². The molecule has 0 fully saturated rings. The first kappa shape index (κ1) is 11.7. The van der Waals surface area contributed by atoms with Gasteiger partial charge in [-0.1, -0.05) is 23.7 Å². The molecule has 3 nitrogen and oxygen atoms in total. The number of rotatable bonds is 3. The van der Waals surface area contributed by atoms with Gasteiger partial charge in [-0.2, -0.15) is 0 Å². The summed E-state index contributed by atoms with van der Waals surface area (Å²) in [5, 5.41) is 3.89. The quantitative estimate of drug-likeness (QED) is 0.817. The Morgan fingerprint density at radius 2 is 2.06 bits per heavy atom. The van der Waals surface area contributed by atoms with Crippen LogP contribution in [-0.4, -0.2) is 4.98 Å². The molecule has 17 heavy (non-hydrogen) atoms. The number of hydrogen-bond donors (Lipinski definition) is 2. The number of nitrogen functional groups attached to an aromatic ring is 1. The number of nitrogens with two attached hydrogens (primary N) is 1. The van der Waals surface area contributed by atoms with E-state index in [0.717, 1.165) is 11.4 Å². The van der Waals surface area contributed by atoms with Crippen molar-refractivity contribution in [3.8, 4) is 0 Å². The van der Waals surface area contributed by atoms with Gasteiger partial charge >= 0.3 is 0 Å². The number of nitrogens with one attached hydrogen (secondary N) is 1. The summed E-state index contributed by atoms with van der Waals surface area (Å²) in [4.78, 5) is 4.29. The summed E-state index contributed by atoms with van der Waals surface area (Å²) in [6.45, 7) is 2.02. The highest BCUT2D eigenvalue weighted by molar-refractivity contribution is 6.33. The fourth-order valence-electron chi connectivity index (χ4n) is 1.62. The lowest BCUT2D eigenvalue weighted by Crippen LogP contribution is -2.10. The first-order valence-corrected chi connectivity index (χ1v) is 5.77. The molecule has 0 bridgehead atoms. The molecule has 0 amide bonds. The van der Waals surface area contributed by atoms with Crippen LogP contribution in [0.15, 0.2) is 42.6 Å². The predicted molar refractivity (Wildman–Crippen MR) is 72.1 cm³/mol. The van der Waals surface area contributed by atoms with E-state index in [9.17, 15) is 0 Å². The number of pyridine rings is 1. The van der Waals surface area contributed by atoms with Crippen LogP contribution in [0.3, 0.4) is 0 Å². The smallest absolute Gasteiger partial charge is 0.0768 e. The molecule has 0 aliphatic heterocycles. The summed E-state index contributed by atoms with van der Waals surface area (Å²) in [5.41, 5.74) is 8.23. The lowest BCUT2D eigenvalue weighted by atomic mass is 10.2. The normalized spacial score (nSPS) is 12.1. The summed E-state index contributed by atoms with van der Waals surface area (Å²) in [5.74, 6) is 0. The molecule has 0 radical (unpaired) electrons. The molecule has 0 aliphatic rings. The highest BCUT2D eigenvalue weighted by atomic mass is 35.5. The fourth-order valence-corrected chi connectivity index (χ4v) is 1.85. The van der Waals surface area contributed by atoms with Gasteiger partial charge in [-0.15, -0.1) is 0 Å². The largest absolute Gasteiger partial charge is 0.397 e. The highest BCUT2D eigenvalue weighted by Crippen LogP contribution is 2.30. The van der Waals surface area contributed by atoms with Crippen molar-refractivity contribution in [1.82, 2.24) is 4.98 Å². The first-order chi connectivity index (χ1) is 8.18. The molecule has 88 valence electrons. The van der Waals surface area contributed by atoms with Crippen LogP contribution in [0.4, 0.5) is 11.4 Å². The Hall–Kier alpha value is -1.74. The van der Waals surface area contributed by atoms with E-state index in [4.69, 9.17) is 17.3 Å². The predicted octanol–water partition coefficient (Wildman–Crippen LogP) is 3.49. The molecule has 2 aromatic rings. The molecule has 4 heteroatoms. The topological polar surface area (TPSA) is 50.9 Å². The average molecular weight is 248 g/mol. The lowest BCUT2D eigenvalue weighted by molar-refractivity contribution is 0.840. The molecule has 0 saturated carbocycles. The van der Waals surface area contributed by atoms with Crippen molar-refractivity contribution in [2.24, 2.45) is 0 Å². The number of aromatic nitrogens is 1. The lowest BCUT2D eigenvalue weighted by Gasteiger charge is -2.17. The van der Waals surface area contributed by atoms with Crippen LogP contribution in [0.2, 0.25) is 5.02 Å². The van der Waals surface area contributed by atoms with Gasteiger partial charge in [0.25, 0.3) is 0 Å². The summed E-state index contributed by atoms with van der Waals surface area (Å²) in [7, 11) is 0. The van der Waals surface area contributed by atoms with E-state index >= 15 is 0 Å². The Balaban J connectivity index is 2.22. The van der Waals surface area contributed by atoms with E-state index < -0.39 is 0 Å². The Kier molecular flexibility index (Phi) is 3.49. The molecule has 0 spiro atoms. The van der Waals surface area contributed by atoms with Crippen molar-refractivity contribution < 1.29 is 0 Å². The molecule has 0 saturated heterocycles. The van der Waals surface area contributed by atoms with Crippen LogP contribution in [0.5, 0.6) is 0 Å². The summed E-state index contributed by atoms with van der Waals surface area (Å²) < 4.78 is 0. The van der Waals surface area contributed by atoms with E-state index in [1.54, 1.807) is 6.20 Å². The van der Waals surface area contributed by atoms with Crippen molar-refractivity contribution in [3.63, 3.8) is 0 Å². The van der Waals surface area contributed by atoms with Gasteiger partial charge in [0.15, 0.2) is 0 Å². The van der Waals surface area contributed by atoms with Gasteiger partial charge in [0.2, 0.25) is 0 Å². The maximum Gasteiger partial charge on any atom is 0.0768 e. The van der Waals surface area contributed by atoms with Gasteiger partial charge in [0.1, 0.15) is 0 Å². The molecule has 2 rings (SSSR count). The van der Waals surface area contributed by atoms with Gasteiger partial charge in [0, 0.05) is 6.20 Å². The number of anilines is 2. The number of hydrogen-bond acceptors (Lipinski definition) is 3. The van der Waals surface area contributed by atoms with Crippen LogP contribution >= 0.6 is 11.6 Å². The Labute approximate surface area is 106 Å². The standard InChI is InChI=1S/C13H14ClN3/c1-9(12-7-2-3-8-16-12)17-13-10(14)5-4-6-11(13)15/h2-9,17H,15H2,1H3. The Bertz CT molecular complexity index is 479. The number of halogens is 1. The van der Waals surface area contributed by atoms with Gasteiger partial charge in [-0.05, 0) is 31.2 Å². The third-order valence-corrected chi connectivity index (χ3v) is 2.85. The zero-order valence-electron chi connectivity index (χ0n) is 9.52. The molecule has 1 atom stereocenters. The second-order valence-electron chi connectivity index (χ2n) is 3.82. The molecule has 1 unspecified atom stereocenters. The van der Waals surface area contributed by atoms with E-state index in [2.05, 4.69) is 10.3 Å². The highest BCUT2D eigenvalue weighted by Gasteiger charge is 2.10. The minimum Gasteiger partial charge on any atom is -0.397 e. The molecule has 1 heterocycles. The minimum atomic E-state index is 0.0541. The molecule has 3 N–H and O–H groups in total. The van der Waals surface area contributed by atoms with Crippen LogP contribution < -0.4 is 11.1 Å². The number of benzene rings is 1. The average Bonchev–Trinajstić information content (AvgIpc) is 2.35. The Morgan fingerprint density at radius 3 is 2.71 bits per heavy atom. The van der Waals surface area contributed by atoms with Crippen LogP contribution in [0.25, 0.3) is 0 Å². The molecular weight excluding hydrogens is 234 g/mol. The van der Waals surface area contributed by atoms with E-state index in [1.807, 2.05) is 43.3 Å². The van der Waals surface area contributed by atoms with Gasteiger partial charge in [0.05, 0.1) is 28.1 Å². The molecule has 1 aromatic carbocycles. The van der Waals surface area contributed by atoms with Gasteiger partial charge < -0.3 is 11.1 Å². The first-order valence-electron chi connectivity index (χ1n) is 5.40. The number of para-hydroxylation sites is 1. The van der Waals surface area contributed by atoms with Crippen molar-refractivity contribution >= 4 is 23.0 Å². The second-order valence-corrected chi connectivity index (χ2v) is 4.23. The zero-order valence-corrected chi connectivity index (χ0v) is 10.3. The zero-order chi connectivity index (χ0) is 12.3. The minimum absolute atomic E-state index is 0.0541. The second kappa shape index (κ2) is 5.06.